The molecule has 0 amide bonds. The van der Waals surface area contributed by atoms with Crippen molar-refractivity contribution < 1.29 is 21.2 Å². The number of nitrogens with one attached hydrogen (secondary N) is 1. The van der Waals surface area contributed by atoms with Crippen LogP contribution in [0.2, 0.25) is 0 Å². The van der Waals surface area contributed by atoms with Crippen molar-refractivity contribution in [3.8, 4) is 0 Å². The maximum atomic E-state index is 13.1. The van der Waals surface area contributed by atoms with Gasteiger partial charge in [0.15, 0.2) is 0 Å². The molecule has 0 unspecified atom stereocenters. The van der Waals surface area contributed by atoms with E-state index in [1.54, 1.807) is 0 Å². The van der Waals surface area contributed by atoms with E-state index in [0.29, 0.717) is 0 Å². The molecule has 0 spiro atoms. The summed E-state index contributed by atoms with van der Waals surface area (Å²) in [5.41, 5.74) is 5.35. The van der Waals surface area contributed by atoms with Gasteiger partial charge in [0.1, 0.15) is 15.7 Å². The monoisotopic (exact) mass is 310 g/mol. The highest BCUT2D eigenvalue weighted by Crippen LogP contribution is 2.15. The van der Waals surface area contributed by atoms with E-state index in [2.05, 4.69) is 4.72 Å². The number of nitrogens with two attached hydrogens (primary N) is 1. The van der Waals surface area contributed by atoms with Crippen molar-refractivity contribution >= 4 is 25.5 Å². The Kier molecular flexibility index (Phi) is 4.88. The van der Waals surface area contributed by atoms with Gasteiger partial charge in [-0.25, -0.2) is 25.9 Å². The molecule has 0 aliphatic heterocycles. The Hall–Kier alpha value is -1.19. The number of hydrogen-bond donors (Lipinski definition) is 2. The van der Waals surface area contributed by atoms with Gasteiger partial charge in [0, 0.05) is 18.5 Å². The lowest BCUT2D eigenvalue weighted by Gasteiger charge is -2.07. The van der Waals surface area contributed by atoms with Gasteiger partial charge in [-0.1, -0.05) is 0 Å². The van der Waals surface area contributed by atoms with Crippen LogP contribution in [-0.2, 0) is 19.9 Å². The molecule has 0 aliphatic carbocycles. The number of hydrogen-bond acceptors (Lipinski definition) is 5. The van der Waals surface area contributed by atoms with E-state index in [0.717, 1.165) is 24.5 Å². The third-order valence-corrected chi connectivity index (χ3v) is 4.66. The lowest BCUT2D eigenvalue weighted by molar-refractivity contribution is 0.574. The van der Waals surface area contributed by atoms with E-state index in [-0.39, 0.29) is 29.3 Å². The Morgan fingerprint density at radius 2 is 1.84 bits per heavy atom. The van der Waals surface area contributed by atoms with E-state index < -0.39 is 25.7 Å². The van der Waals surface area contributed by atoms with E-state index in [4.69, 9.17) is 5.73 Å². The van der Waals surface area contributed by atoms with Crippen molar-refractivity contribution in [1.82, 2.24) is 4.72 Å². The van der Waals surface area contributed by atoms with Crippen molar-refractivity contribution in [3.63, 3.8) is 0 Å². The normalized spacial score (nSPS) is 12.5. The first-order valence-corrected chi connectivity index (χ1v) is 8.88. The number of sulfonamides is 1. The zero-order valence-corrected chi connectivity index (χ0v) is 11.9. The highest BCUT2D eigenvalue weighted by Gasteiger charge is 2.15. The van der Waals surface area contributed by atoms with Gasteiger partial charge < -0.3 is 5.73 Å². The summed E-state index contributed by atoms with van der Waals surface area (Å²) < 4.78 is 60.5. The summed E-state index contributed by atoms with van der Waals surface area (Å²) in [4.78, 5) is -0.288. The van der Waals surface area contributed by atoms with Gasteiger partial charge in [0.2, 0.25) is 10.0 Å². The van der Waals surface area contributed by atoms with E-state index in [1.165, 1.54) is 0 Å². The van der Waals surface area contributed by atoms with Gasteiger partial charge in [-0.05, 0) is 24.6 Å². The second kappa shape index (κ2) is 5.85. The van der Waals surface area contributed by atoms with Gasteiger partial charge in [-0.3, -0.25) is 0 Å². The first-order valence-electron chi connectivity index (χ1n) is 5.34. The van der Waals surface area contributed by atoms with Crippen LogP contribution in [-0.4, -0.2) is 35.4 Å². The summed E-state index contributed by atoms with van der Waals surface area (Å²) in [5.74, 6) is -0.877. The van der Waals surface area contributed by atoms with Gasteiger partial charge in [0.25, 0.3) is 0 Å². The summed E-state index contributed by atoms with van der Waals surface area (Å²) in [7, 11) is -7.02. The van der Waals surface area contributed by atoms with Crippen LogP contribution >= 0.6 is 0 Å². The Balaban J connectivity index is 2.71. The third kappa shape index (κ3) is 5.53. The summed E-state index contributed by atoms with van der Waals surface area (Å²) in [6.07, 6.45) is 1.21. The minimum Gasteiger partial charge on any atom is -0.399 e. The third-order valence-electron chi connectivity index (χ3n) is 2.19. The van der Waals surface area contributed by atoms with Crippen molar-refractivity contribution in [2.24, 2.45) is 0 Å². The Labute approximate surface area is 111 Å². The molecule has 9 heteroatoms. The molecular formula is C10H15FN2O4S2. The number of rotatable bonds is 6. The predicted octanol–water partition coefficient (Wildman–Crippen LogP) is 0.121. The molecule has 6 nitrogen and oxygen atoms in total. The average molecular weight is 310 g/mol. The Morgan fingerprint density at radius 3 is 2.37 bits per heavy atom. The molecule has 0 fully saturated rings. The van der Waals surface area contributed by atoms with Gasteiger partial charge in [-0.2, -0.15) is 0 Å². The molecule has 108 valence electrons. The molecule has 0 saturated carbocycles. The summed E-state index contributed by atoms with van der Waals surface area (Å²) in [5, 5.41) is 0. The van der Waals surface area contributed by atoms with Crippen LogP contribution in [0.3, 0.4) is 0 Å². The Bertz CT molecular complexity index is 636. The summed E-state index contributed by atoms with van der Waals surface area (Å²) in [6, 6.07) is 2.97. The number of benzene rings is 1. The van der Waals surface area contributed by atoms with Crippen LogP contribution in [0.25, 0.3) is 0 Å². The molecule has 0 heterocycles. The minimum absolute atomic E-state index is 0.00323. The molecule has 0 aliphatic rings. The molecule has 19 heavy (non-hydrogen) atoms. The van der Waals surface area contributed by atoms with Crippen LogP contribution < -0.4 is 10.5 Å². The lowest BCUT2D eigenvalue weighted by atomic mass is 10.3. The van der Waals surface area contributed by atoms with Crippen molar-refractivity contribution in [2.45, 2.75) is 11.3 Å². The SMILES string of the molecule is CS(=O)(=O)CCCNS(=O)(=O)c1cc(N)cc(F)c1. The minimum atomic E-state index is -3.89. The number of halogens is 1. The fourth-order valence-electron chi connectivity index (χ4n) is 1.36. The van der Waals surface area contributed by atoms with Crippen molar-refractivity contribution in [1.29, 1.82) is 0 Å². The number of anilines is 1. The largest absolute Gasteiger partial charge is 0.399 e. The molecule has 0 radical (unpaired) electrons. The molecule has 1 aromatic carbocycles. The topological polar surface area (TPSA) is 106 Å². The molecular weight excluding hydrogens is 295 g/mol. The molecule has 0 bridgehead atoms. The molecule has 1 aromatic rings. The van der Waals surface area contributed by atoms with Gasteiger partial charge >= 0.3 is 0 Å². The molecule has 1 rings (SSSR count). The van der Waals surface area contributed by atoms with E-state index in [1.807, 2.05) is 0 Å². The second-order valence-electron chi connectivity index (χ2n) is 4.10. The zero-order chi connectivity index (χ0) is 14.7. The second-order valence-corrected chi connectivity index (χ2v) is 8.13. The smallest absolute Gasteiger partial charge is 0.240 e. The van der Waals surface area contributed by atoms with Gasteiger partial charge in [0.05, 0.1) is 10.6 Å². The molecule has 0 atom stereocenters. The standard InChI is InChI=1S/C10H15FN2O4S2/c1-18(14,15)4-2-3-13-19(16,17)10-6-8(11)5-9(12)7-10/h5-7,13H,2-4,12H2,1H3. The summed E-state index contributed by atoms with van der Waals surface area (Å²) >= 11 is 0. The quantitative estimate of drug-likeness (QED) is 0.573. The predicted molar refractivity (Wildman–Crippen MR) is 70.3 cm³/mol. The Morgan fingerprint density at radius 1 is 1.21 bits per heavy atom. The lowest BCUT2D eigenvalue weighted by Crippen LogP contribution is -2.26. The van der Waals surface area contributed by atoms with E-state index >= 15 is 0 Å². The van der Waals surface area contributed by atoms with Gasteiger partial charge in [-0.15, -0.1) is 0 Å². The van der Waals surface area contributed by atoms with Crippen molar-refractivity contribution in [3.05, 3.63) is 24.0 Å². The van der Waals surface area contributed by atoms with Crippen LogP contribution in [0.15, 0.2) is 23.1 Å². The van der Waals surface area contributed by atoms with Crippen LogP contribution in [0.1, 0.15) is 6.42 Å². The fourth-order valence-corrected chi connectivity index (χ4v) is 3.17. The highest BCUT2D eigenvalue weighted by molar-refractivity contribution is 7.90. The molecule has 0 aromatic heterocycles. The summed E-state index contributed by atoms with van der Waals surface area (Å²) in [6.45, 7) is -0.0498. The van der Waals surface area contributed by atoms with Crippen LogP contribution in [0.5, 0.6) is 0 Å². The zero-order valence-electron chi connectivity index (χ0n) is 10.3. The maximum Gasteiger partial charge on any atom is 0.240 e. The van der Waals surface area contributed by atoms with Crippen molar-refractivity contribution in [2.75, 3.05) is 24.3 Å². The molecule has 0 saturated heterocycles. The average Bonchev–Trinajstić information content (AvgIpc) is 2.22. The van der Waals surface area contributed by atoms with Crippen LogP contribution in [0.4, 0.5) is 10.1 Å². The molecule has 3 N–H and O–H groups in total. The highest BCUT2D eigenvalue weighted by atomic mass is 32.2. The first kappa shape index (κ1) is 15.9. The van der Waals surface area contributed by atoms with E-state index in [9.17, 15) is 21.2 Å². The number of sulfone groups is 1. The number of nitrogen functional groups attached to an aromatic ring is 1. The van der Waals surface area contributed by atoms with Crippen LogP contribution in [0, 0.1) is 5.82 Å². The maximum absolute atomic E-state index is 13.1. The fraction of sp³-hybridized carbons (Fsp3) is 0.400. The first-order chi connectivity index (χ1) is 8.60.